The summed E-state index contributed by atoms with van der Waals surface area (Å²) in [4.78, 5) is 23.9. The summed E-state index contributed by atoms with van der Waals surface area (Å²) in [5.41, 5.74) is 2.79. The van der Waals surface area contributed by atoms with Crippen LogP contribution in [0, 0.1) is 5.92 Å². The lowest BCUT2D eigenvalue weighted by Crippen LogP contribution is -2.43. The topological polar surface area (TPSA) is 66.2 Å². The zero-order chi connectivity index (χ0) is 23.8. The van der Waals surface area contributed by atoms with Crippen LogP contribution in [0.15, 0.2) is 30.5 Å². The highest BCUT2D eigenvalue weighted by atomic mass is 32.1. The molecule has 0 radical (unpaired) electrons. The molecule has 0 aliphatic carbocycles. The number of fused-ring (bicyclic) bond motifs is 1. The maximum atomic E-state index is 12.3. The standard InChI is InChI=1S/C24H34N6O2S/c1-24(2,3)32-23(31)29-12-10-17(11-13-29)16-28(6)22-26-30-20(15-25-21(30)33-22)18-8-7-9-19(14-18)27(4)5/h7-9,14-15,17H,10-13,16H2,1-6H3. The van der Waals surface area contributed by atoms with Crippen LogP contribution in [0.5, 0.6) is 0 Å². The van der Waals surface area contributed by atoms with Gasteiger partial charge in [0.1, 0.15) is 5.60 Å². The van der Waals surface area contributed by atoms with Gasteiger partial charge in [-0.25, -0.2) is 14.3 Å². The number of carbonyl (C=O) groups excluding carboxylic acids is 1. The van der Waals surface area contributed by atoms with Gasteiger partial charge in [0.05, 0.1) is 11.9 Å². The molecule has 0 atom stereocenters. The van der Waals surface area contributed by atoms with Gasteiger partial charge in [-0.2, -0.15) is 0 Å². The first-order chi connectivity index (χ1) is 15.6. The molecule has 0 spiro atoms. The first kappa shape index (κ1) is 23.4. The van der Waals surface area contributed by atoms with E-state index in [0.717, 1.165) is 59.5 Å². The third-order valence-corrected chi connectivity index (χ3v) is 6.89. The first-order valence-corrected chi connectivity index (χ1v) is 12.2. The Bertz CT molecular complexity index is 1110. The van der Waals surface area contributed by atoms with Crippen molar-refractivity contribution >= 4 is 33.2 Å². The van der Waals surface area contributed by atoms with E-state index in [9.17, 15) is 4.79 Å². The van der Waals surface area contributed by atoms with E-state index in [-0.39, 0.29) is 6.09 Å². The van der Waals surface area contributed by atoms with Gasteiger partial charge in [-0.3, -0.25) is 0 Å². The summed E-state index contributed by atoms with van der Waals surface area (Å²) in [6.45, 7) is 8.10. The van der Waals surface area contributed by atoms with E-state index in [0.29, 0.717) is 5.92 Å². The minimum atomic E-state index is -0.455. The average Bonchev–Trinajstić information content (AvgIpc) is 3.34. The van der Waals surface area contributed by atoms with Gasteiger partial charge in [0.25, 0.3) is 0 Å². The molecule has 1 fully saturated rings. The number of ether oxygens (including phenoxy) is 1. The van der Waals surface area contributed by atoms with Crippen LogP contribution < -0.4 is 9.80 Å². The average molecular weight is 471 g/mol. The fourth-order valence-corrected chi connectivity index (χ4v) is 4.91. The van der Waals surface area contributed by atoms with Crippen molar-refractivity contribution in [3.8, 4) is 11.3 Å². The van der Waals surface area contributed by atoms with Gasteiger partial charge in [0, 0.05) is 52.0 Å². The fraction of sp³-hybridized carbons (Fsp3) is 0.542. The number of carbonyl (C=O) groups is 1. The molecule has 2 aromatic heterocycles. The smallest absolute Gasteiger partial charge is 0.410 e. The lowest BCUT2D eigenvalue weighted by molar-refractivity contribution is 0.0186. The number of rotatable bonds is 5. The number of amides is 1. The van der Waals surface area contributed by atoms with Crippen LogP contribution in [0.25, 0.3) is 16.2 Å². The molecule has 8 nitrogen and oxygen atoms in total. The molecule has 1 amide bonds. The number of anilines is 2. The first-order valence-electron chi connectivity index (χ1n) is 11.4. The van der Waals surface area contributed by atoms with Crippen molar-refractivity contribution in [2.24, 2.45) is 5.92 Å². The van der Waals surface area contributed by atoms with Crippen molar-refractivity contribution in [1.82, 2.24) is 19.5 Å². The molecular formula is C24H34N6O2S. The van der Waals surface area contributed by atoms with Gasteiger partial charge in [-0.05, 0) is 51.7 Å². The largest absolute Gasteiger partial charge is 0.444 e. The van der Waals surface area contributed by atoms with Crippen molar-refractivity contribution in [2.45, 2.75) is 39.2 Å². The molecule has 1 aliphatic heterocycles. The number of hydrogen-bond acceptors (Lipinski definition) is 7. The Morgan fingerprint density at radius 3 is 2.61 bits per heavy atom. The van der Waals surface area contributed by atoms with E-state index in [1.165, 1.54) is 0 Å². The second-order valence-electron chi connectivity index (χ2n) is 9.96. The SMILES string of the molecule is CN(C)c1cccc(-c2cnc3sc(N(C)CC4CCN(C(=O)OC(C)(C)C)CC4)nn23)c1. The molecular weight excluding hydrogens is 436 g/mol. The quantitative estimate of drug-likeness (QED) is 0.543. The molecule has 0 saturated carbocycles. The minimum absolute atomic E-state index is 0.207. The summed E-state index contributed by atoms with van der Waals surface area (Å²) >= 11 is 1.60. The highest BCUT2D eigenvalue weighted by Crippen LogP contribution is 2.30. The van der Waals surface area contributed by atoms with Crippen LogP contribution in [-0.2, 0) is 4.74 Å². The highest BCUT2D eigenvalue weighted by molar-refractivity contribution is 7.20. The summed E-state index contributed by atoms with van der Waals surface area (Å²) in [6.07, 6.45) is 3.62. The summed E-state index contributed by atoms with van der Waals surface area (Å²) in [6, 6.07) is 8.41. The molecule has 3 aromatic rings. The van der Waals surface area contributed by atoms with Crippen LogP contribution in [0.4, 0.5) is 15.6 Å². The number of nitrogens with zero attached hydrogens (tertiary/aromatic N) is 6. The molecule has 1 aromatic carbocycles. The van der Waals surface area contributed by atoms with Gasteiger partial charge in [0.2, 0.25) is 10.1 Å². The van der Waals surface area contributed by atoms with Crippen LogP contribution in [0.3, 0.4) is 0 Å². The predicted octanol–water partition coefficient (Wildman–Crippen LogP) is 4.61. The van der Waals surface area contributed by atoms with E-state index in [1.807, 2.05) is 50.5 Å². The zero-order valence-electron chi connectivity index (χ0n) is 20.4. The number of hydrogen-bond donors (Lipinski definition) is 0. The van der Waals surface area contributed by atoms with Crippen molar-refractivity contribution in [1.29, 1.82) is 0 Å². The van der Waals surface area contributed by atoms with Gasteiger partial charge in [0.15, 0.2) is 0 Å². The van der Waals surface area contributed by atoms with E-state index >= 15 is 0 Å². The van der Waals surface area contributed by atoms with Crippen LogP contribution in [-0.4, -0.2) is 72.0 Å². The van der Waals surface area contributed by atoms with Crippen LogP contribution >= 0.6 is 11.3 Å². The molecule has 178 valence electrons. The lowest BCUT2D eigenvalue weighted by Gasteiger charge is -2.34. The third-order valence-electron chi connectivity index (χ3n) is 5.86. The zero-order valence-corrected chi connectivity index (χ0v) is 21.2. The molecule has 1 aliphatic rings. The maximum absolute atomic E-state index is 12.3. The Hall–Kier alpha value is -2.81. The van der Waals surface area contributed by atoms with Crippen molar-refractivity contribution in [2.75, 3.05) is 50.6 Å². The summed E-state index contributed by atoms with van der Waals surface area (Å²) in [7, 11) is 6.17. The van der Waals surface area contributed by atoms with Gasteiger partial charge in [-0.15, -0.1) is 5.10 Å². The number of likely N-dealkylation sites (tertiary alicyclic amines) is 1. The molecule has 0 bridgehead atoms. The second-order valence-corrected chi connectivity index (χ2v) is 10.9. The van der Waals surface area contributed by atoms with E-state index in [4.69, 9.17) is 9.84 Å². The van der Waals surface area contributed by atoms with Gasteiger partial charge < -0.3 is 19.4 Å². The molecule has 3 heterocycles. The Morgan fingerprint density at radius 1 is 1.21 bits per heavy atom. The molecule has 0 N–H and O–H groups in total. The Labute approximate surface area is 199 Å². The van der Waals surface area contributed by atoms with E-state index in [1.54, 1.807) is 11.3 Å². The Morgan fingerprint density at radius 2 is 1.94 bits per heavy atom. The molecule has 9 heteroatoms. The Balaban J connectivity index is 1.40. The number of benzene rings is 1. The van der Waals surface area contributed by atoms with E-state index < -0.39 is 5.60 Å². The van der Waals surface area contributed by atoms with Crippen LogP contribution in [0.1, 0.15) is 33.6 Å². The minimum Gasteiger partial charge on any atom is -0.444 e. The molecule has 33 heavy (non-hydrogen) atoms. The predicted molar refractivity (Wildman–Crippen MR) is 134 cm³/mol. The molecule has 1 saturated heterocycles. The third kappa shape index (κ3) is 5.40. The second kappa shape index (κ2) is 9.21. The van der Waals surface area contributed by atoms with Gasteiger partial charge in [-0.1, -0.05) is 23.5 Å². The number of piperidine rings is 1. The van der Waals surface area contributed by atoms with Crippen molar-refractivity contribution in [3.05, 3.63) is 30.5 Å². The van der Waals surface area contributed by atoms with Crippen molar-refractivity contribution < 1.29 is 9.53 Å². The van der Waals surface area contributed by atoms with Crippen molar-refractivity contribution in [3.63, 3.8) is 0 Å². The fourth-order valence-electron chi connectivity index (χ4n) is 4.07. The summed E-state index contributed by atoms with van der Waals surface area (Å²) in [5.74, 6) is 0.515. The summed E-state index contributed by atoms with van der Waals surface area (Å²) in [5, 5.41) is 5.83. The molecule has 4 rings (SSSR count). The monoisotopic (exact) mass is 470 g/mol. The Kier molecular flexibility index (Phi) is 6.52. The molecule has 0 unspecified atom stereocenters. The normalized spacial score (nSPS) is 15.2. The summed E-state index contributed by atoms with van der Waals surface area (Å²) < 4.78 is 7.45. The van der Waals surface area contributed by atoms with Crippen LogP contribution in [0.2, 0.25) is 0 Å². The maximum Gasteiger partial charge on any atom is 0.410 e. The highest BCUT2D eigenvalue weighted by Gasteiger charge is 2.28. The lowest BCUT2D eigenvalue weighted by atomic mass is 9.97. The van der Waals surface area contributed by atoms with E-state index in [2.05, 4.69) is 46.1 Å². The number of imidazole rings is 1. The van der Waals surface area contributed by atoms with Gasteiger partial charge >= 0.3 is 6.09 Å². The number of aromatic nitrogens is 3.